The van der Waals surface area contributed by atoms with Crippen molar-refractivity contribution in [1.29, 1.82) is 0 Å². The molecule has 0 amide bonds. The van der Waals surface area contributed by atoms with Gasteiger partial charge >= 0.3 is 0 Å². The third-order valence-corrected chi connectivity index (χ3v) is 12.8. The molecule has 2 heteroatoms. The van der Waals surface area contributed by atoms with Crippen molar-refractivity contribution >= 4 is 21.5 Å². The van der Waals surface area contributed by atoms with Gasteiger partial charge in [-0.3, -0.25) is 0 Å². The molecule has 2 aliphatic rings. The summed E-state index contributed by atoms with van der Waals surface area (Å²) in [4.78, 5) is 0. The van der Waals surface area contributed by atoms with Crippen LogP contribution in [0.1, 0.15) is 114 Å². The van der Waals surface area contributed by atoms with Crippen molar-refractivity contribution < 1.29 is 10.2 Å². The highest BCUT2D eigenvalue weighted by Crippen LogP contribution is 2.53. The lowest BCUT2D eigenvalue weighted by Gasteiger charge is -2.29. The molecule has 6 aromatic carbocycles. The van der Waals surface area contributed by atoms with Crippen molar-refractivity contribution in [2.75, 3.05) is 0 Å². The number of hydrogen-bond donors (Lipinski definition) is 2. The SMILES string of the molecule is CCCC1CCC(c2ccc(-c3c(O)c(-c4c(O)ccc5ccccc45)c4ccccc4c3-c3ccc(C4CCC(CCC)CC4)cc3)cc2)CC1. The third-order valence-electron chi connectivity index (χ3n) is 12.8. The summed E-state index contributed by atoms with van der Waals surface area (Å²) in [5, 5.41) is 28.2. The van der Waals surface area contributed by atoms with E-state index in [0.717, 1.165) is 55.6 Å². The van der Waals surface area contributed by atoms with Crippen LogP contribution in [0.3, 0.4) is 0 Å². The summed E-state index contributed by atoms with van der Waals surface area (Å²) in [7, 11) is 0. The van der Waals surface area contributed by atoms with Gasteiger partial charge in [-0.25, -0.2) is 0 Å². The van der Waals surface area contributed by atoms with E-state index in [4.69, 9.17) is 0 Å². The first kappa shape index (κ1) is 34.5. The highest BCUT2D eigenvalue weighted by Gasteiger charge is 2.27. The number of rotatable bonds is 9. The minimum atomic E-state index is 0.171. The summed E-state index contributed by atoms with van der Waals surface area (Å²) < 4.78 is 0. The smallest absolute Gasteiger partial charge is 0.132 e. The maximum Gasteiger partial charge on any atom is 0.132 e. The van der Waals surface area contributed by atoms with Gasteiger partial charge in [-0.05, 0) is 125 Å². The minimum absolute atomic E-state index is 0.171. The summed E-state index contributed by atoms with van der Waals surface area (Å²) in [6, 6.07) is 38.6. The molecule has 52 heavy (non-hydrogen) atoms. The monoisotopic (exact) mass is 686 g/mol. The number of hydrogen-bond acceptors (Lipinski definition) is 2. The lowest BCUT2D eigenvalue weighted by Crippen LogP contribution is -2.13. The zero-order valence-electron chi connectivity index (χ0n) is 31.1. The molecule has 2 fully saturated rings. The van der Waals surface area contributed by atoms with Gasteiger partial charge in [0.1, 0.15) is 11.5 Å². The van der Waals surface area contributed by atoms with Crippen molar-refractivity contribution in [1.82, 2.24) is 0 Å². The van der Waals surface area contributed by atoms with Crippen LogP contribution >= 0.6 is 0 Å². The van der Waals surface area contributed by atoms with E-state index in [1.165, 1.54) is 88.2 Å². The average molecular weight is 687 g/mol. The zero-order chi connectivity index (χ0) is 35.6. The van der Waals surface area contributed by atoms with Gasteiger partial charge in [0.15, 0.2) is 0 Å². The molecule has 2 saturated carbocycles. The van der Waals surface area contributed by atoms with Crippen LogP contribution in [0.5, 0.6) is 11.5 Å². The molecule has 6 aromatic rings. The predicted octanol–water partition coefficient (Wildman–Crippen LogP) is 14.6. The second-order valence-electron chi connectivity index (χ2n) is 16.0. The molecule has 0 atom stereocenters. The number of phenols is 2. The van der Waals surface area contributed by atoms with E-state index in [0.29, 0.717) is 23.0 Å². The summed E-state index contributed by atoms with van der Waals surface area (Å²) in [6.45, 7) is 4.62. The van der Waals surface area contributed by atoms with E-state index >= 15 is 0 Å². The quantitative estimate of drug-likeness (QED) is 0.159. The Morgan fingerprint density at radius 3 is 1.42 bits per heavy atom. The van der Waals surface area contributed by atoms with Crippen LogP contribution in [0.4, 0.5) is 0 Å². The van der Waals surface area contributed by atoms with E-state index in [9.17, 15) is 10.2 Å². The van der Waals surface area contributed by atoms with Gasteiger partial charge in [-0.2, -0.15) is 0 Å². The minimum Gasteiger partial charge on any atom is -0.507 e. The van der Waals surface area contributed by atoms with E-state index in [1.54, 1.807) is 6.07 Å². The van der Waals surface area contributed by atoms with Crippen LogP contribution in [0.2, 0.25) is 0 Å². The van der Waals surface area contributed by atoms with Gasteiger partial charge in [0.25, 0.3) is 0 Å². The molecule has 2 nitrogen and oxygen atoms in total. The first-order valence-electron chi connectivity index (χ1n) is 20.2. The Morgan fingerprint density at radius 1 is 0.442 bits per heavy atom. The summed E-state index contributed by atoms with van der Waals surface area (Å²) >= 11 is 0. The molecule has 2 N–H and O–H groups in total. The molecule has 0 radical (unpaired) electrons. The maximum atomic E-state index is 12.7. The van der Waals surface area contributed by atoms with Gasteiger partial charge < -0.3 is 10.2 Å². The molecule has 0 saturated heterocycles. The molecular formula is C50H54O2. The second-order valence-corrected chi connectivity index (χ2v) is 16.0. The molecule has 0 unspecified atom stereocenters. The van der Waals surface area contributed by atoms with E-state index in [2.05, 4.69) is 86.6 Å². The first-order chi connectivity index (χ1) is 25.5. The largest absolute Gasteiger partial charge is 0.507 e. The van der Waals surface area contributed by atoms with Crippen molar-refractivity contribution in [2.45, 2.75) is 103 Å². The van der Waals surface area contributed by atoms with E-state index in [-0.39, 0.29) is 11.5 Å². The molecule has 0 bridgehead atoms. The summed E-state index contributed by atoms with van der Waals surface area (Å²) in [5.41, 5.74) is 8.18. The van der Waals surface area contributed by atoms with Gasteiger partial charge in [0.05, 0.1) is 0 Å². The Kier molecular flexibility index (Phi) is 10.1. The first-order valence-corrected chi connectivity index (χ1v) is 20.2. The predicted molar refractivity (Wildman–Crippen MR) is 220 cm³/mol. The topological polar surface area (TPSA) is 40.5 Å². The van der Waals surface area contributed by atoms with Crippen molar-refractivity contribution in [2.24, 2.45) is 11.8 Å². The normalized spacial score (nSPS) is 20.7. The van der Waals surface area contributed by atoms with Crippen LogP contribution in [0, 0.1) is 11.8 Å². The number of phenolic OH excluding ortho intramolecular Hbond substituents is 2. The van der Waals surface area contributed by atoms with E-state index in [1.807, 2.05) is 30.3 Å². The van der Waals surface area contributed by atoms with Crippen molar-refractivity contribution in [3.63, 3.8) is 0 Å². The highest BCUT2D eigenvalue weighted by atomic mass is 16.3. The van der Waals surface area contributed by atoms with Crippen LogP contribution in [0.15, 0.2) is 109 Å². The Hall–Kier alpha value is -4.56. The molecule has 0 aromatic heterocycles. The summed E-state index contributed by atoms with van der Waals surface area (Å²) in [6.07, 6.45) is 15.7. The van der Waals surface area contributed by atoms with Crippen molar-refractivity contribution in [3.8, 4) is 44.9 Å². The fourth-order valence-electron chi connectivity index (χ4n) is 10.0. The van der Waals surface area contributed by atoms with Crippen LogP contribution < -0.4 is 0 Å². The molecule has 0 heterocycles. The molecule has 8 rings (SSSR count). The van der Waals surface area contributed by atoms with E-state index < -0.39 is 0 Å². The van der Waals surface area contributed by atoms with Crippen LogP contribution in [-0.4, -0.2) is 10.2 Å². The fraction of sp³-hybridized carbons (Fsp3) is 0.360. The lowest BCUT2D eigenvalue weighted by atomic mass is 9.76. The van der Waals surface area contributed by atoms with Gasteiger partial charge in [0.2, 0.25) is 0 Å². The van der Waals surface area contributed by atoms with Crippen LogP contribution in [-0.2, 0) is 0 Å². The second kappa shape index (κ2) is 15.2. The van der Waals surface area contributed by atoms with Crippen molar-refractivity contribution in [3.05, 3.63) is 120 Å². The van der Waals surface area contributed by atoms with Crippen LogP contribution in [0.25, 0.3) is 54.9 Å². The molecule has 0 spiro atoms. The lowest BCUT2D eigenvalue weighted by molar-refractivity contribution is 0.308. The highest BCUT2D eigenvalue weighted by molar-refractivity contribution is 6.17. The average Bonchev–Trinajstić information content (AvgIpc) is 3.19. The number of fused-ring (bicyclic) bond motifs is 2. The summed E-state index contributed by atoms with van der Waals surface area (Å²) in [5.74, 6) is 3.37. The van der Waals surface area contributed by atoms with Gasteiger partial charge in [-0.1, -0.05) is 143 Å². The van der Waals surface area contributed by atoms with Gasteiger partial charge in [0, 0.05) is 22.3 Å². The maximum absolute atomic E-state index is 12.7. The standard InChI is InChI=1S/C50H54O2/c1-3-9-33-15-19-35(20-16-33)37-23-27-40(28-24-37)46-43-13-7-8-14-44(43)49(48-42-12-6-5-11-39(42)31-32-45(48)51)50(52)47(46)41-29-25-38(26-30-41)36-21-17-34(10-4-2)18-22-36/h5-8,11-14,23-36,51-52H,3-4,9-10,15-22H2,1-2H3. The molecule has 266 valence electrons. The van der Waals surface area contributed by atoms with Gasteiger partial charge in [-0.15, -0.1) is 0 Å². The molecular weight excluding hydrogens is 633 g/mol. The third kappa shape index (κ3) is 6.62. The number of benzene rings is 6. The Labute approximate surface area is 310 Å². The fourth-order valence-corrected chi connectivity index (χ4v) is 10.0. The number of aromatic hydroxyl groups is 2. The Morgan fingerprint density at radius 2 is 0.904 bits per heavy atom. The molecule has 0 aliphatic heterocycles. The molecule has 2 aliphatic carbocycles. The Bertz CT molecular complexity index is 2140. The Balaban J connectivity index is 1.27. The zero-order valence-corrected chi connectivity index (χ0v) is 31.1.